The van der Waals surface area contributed by atoms with Crippen LogP contribution in [0.15, 0.2) is 36.8 Å². The number of aromatic nitrogens is 2. The zero-order valence-electron chi connectivity index (χ0n) is 10.7. The van der Waals surface area contributed by atoms with E-state index in [1.807, 2.05) is 31.3 Å². The van der Waals surface area contributed by atoms with Gasteiger partial charge in [-0.3, -0.25) is 14.8 Å². The number of aryl methyl sites for hydroxylation is 2. The van der Waals surface area contributed by atoms with Gasteiger partial charge in [0.05, 0.1) is 6.42 Å². The van der Waals surface area contributed by atoms with E-state index in [9.17, 15) is 4.79 Å². The van der Waals surface area contributed by atoms with Crippen LogP contribution in [0.1, 0.15) is 34.1 Å². The molecule has 0 saturated heterocycles. The first-order chi connectivity index (χ1) is 8.70. The smallest absolute Gasteiger partial charge is 0.170 e. The summed E-state index contributed by atoms with van der Waals surface area (Å²) < 4.78 is 0. The van der Waals surface area contributed by atoms with Crippen LogP contribution in [0.3, 0.4) is 0 Å². The number of carbonyl (C=O) groups is 1. The van der Waals surface area contributed by atoms with Gasteiger partial charge in [0.15, 0.2) is 5.78 Å². The van der Waals surface area contributed by atoms with Crippen molar-refractivity contribution in [2.24, 2.45) is 0 Å². The van der Waals surface area contributed by atoms with Gasteiger partial charge in [-0.15, -0.1) is 0 Å². The third-order valence-corrected chi connectivity index (χ3v) is 2.98. The number of Topliss-reactive ketones (excluding diaryl/α,β-unsaturated/α-hetero) is 1. The normalized spacial score (nSPS) is 10.3. The van der Waals surface area contributed by atoms with Crippen molar-refractivity contribution in [2.75, 3.05) is 0 Å². The van der Waals surface area contributed by atoms with Gasteiger partial charge in [0.1, 0.15) is 0 Å². The molecule has 92 valence electrons. The highest BCUT2D eigenvalue weighted by molar-refractivity contribution is 5.98. The first-order valence-corrected chi connectivity index (χ1v) is 6.08. The molecule has 3 heteroatoms. The molecule has 0 saturated carbocycles. The van der Waals surface area contributed by atoms with Gasteiger partial charge < -0.3 is 0 Å². The van der Waals surface area contributed by atoms with E-state index in [1.165, 1.54) is 5.56 Å². The van der Waals surface area contributed by atoms with Crippen LogP contribution in [0.2, 0.25) is 0 Å². The summed E-state index contributed by atoms with van der Waals surface area (Å²) in [6, 6.07) is 5.79. The van der Waals surface area contributed by atoms with Crippen LogP contribution >= 0.6 is 0 Å². The first-order valence-electron chi connectivity index (χ1n) is 6.08. The molecular weight excluding hydrogens is 224 g/mol. The highest BCUT2D eigenvalue weighted by Gasteiger charge is 2.10. The summed E-state index contributed by atoms with van der Waals surface area (Å²) in [7, 11) is 0. The van der Waals surface area contributed by atoms with E-state index in [4.69, 9.17) is 0 Å². The van der Waals surface area contributed by atoms with E-state index in [1.54, 1.807) is 12.4 Å². The van der Waals surface area contributed by atoms with Gasteiger partial charge >= 0.3 is 0 Å². The van der Waals surface area contributed by atoms with E-state index in [-0.39, 0.29) is 5.78 Å². The Kier molecular flexibility index (Phi) is 3.82. The SMILES string of the molecule is CCc1ccc(CC(=O)c2cnccc2C)nc1. The predicted molar refractivity (Wildman–Crippen MR) is 70.6 cm³/mol. The van der Waals surface area contributed by atoms with Gasteiger partial charge in [-0.2, -0.15) is 0 Å². The fourth-order valence-electron chi connectivity index (χ4n) is 1.78. The highest BCUT2D eigenvalue weighted by atomic mass is 16.1. The van der Waals surface area contributed by atoms with Crippen molar-refractivity contribution < 1.29 is 4.79 Å². The standard InChI is InChI=1S/C15H16N2O/c1-3-12-4-5-13(17-9-12)8-15(18)14-10-16-7-6-11(14)2/h4-7,9-10H,3,8H2,1-2H3. The van der Waals surface area contributed by atoms with Gasteiger partial charge in [-0.05, 0) is 36.6 Å². The molecule has 0 fully saturated rings. The summed E-state index contributed by atoms with van der Waals surface area (Å²) >= 11 is 0. The third kappa shape index (κ3) is 2.80. The van der Waals surface area contributed by atoms with Crippen LogP contribution in [-0.4, -0.2) is 15.8 Å². The molecule has 0 aliphatic heterocycles. The van der Waals surface area contributed by atoms with E-state index in [0.717, 1.165) is 17.7 Å². The second kappa shape index (κ2) is 5.54. The molecule has 0 aromatic carbocycles. The lowest BCUT2D eigenvalue weighted by molar-refractivity contribution is 0.0991. The number of hydrogen-bond acceptors (Lipinski definition) is 3. The molecule has 0 atom stereocenters. The van der Waals surface area contributed by atoms with Crippen LogP contribution < -0.4 is 0 Å². The molecular formula is C15H16N2O. The van der Waals surface area contributed by atoms with Crippen LogP contribution in [0, 0.1) is 6.92 Å². The van der Waals surface area contributed by atoms with Gasteiger partial charge in [0.2, 0.25) is 0 Å². The van der Waals surface area contributed by atoms with Crippen LogP contribution in [0.4, 0.5) is 0 Å². The van der Waals surface area contributed by atoms with Crippen molar-refractivity contribution in [3.63, 3.8) is 0 Å². The largest absolute Gasteiger partial charge is 0.294 e. The quantitative estimate of drug-likeness (QED) is 0.772. The molecule has 18 heavy (non-hydrogen) atoms. The summed E-state index contributed by atoms with van der Waals surface area (Å²) in [6.45, 7) is 4.00. The monoisotopic (exact) mass is 240 g/mol. The Balaban J connectivity index is 2.14. The van der Waals surface area contributed by atoms with Gasteiger partial charge in [-0.25, -0.2) is 0 Å². The number of carbonyl (C=O) groups excluding carboxylic acids is 1. The van der Waals surface area contributed by atoms with Gasteiger partial charge in [-0.1, -0.05) is 13.0 Å². The fourth-order valence-corrected chi connectivity index (χ4v) is 1.78. The van der Waals surface area contributed by atoms with Gasteiger partial charge in [0.25, 0.3) is 0 Å². The van der Waals surface area contributed by atoms with Crippen LogP contribution in [0.5, 0.6) is 0 Å². The number of ketones is 1. The Morgan fingerprint density at radius 2 is 2.06 bits per heavy atom. The molecule has 0 N–H and O–H groups in total. The molecule has 2 aromatic heterocycles. The Labute approximate surface area is 107 Å². The van der Waals surface area contributed by atoms with Gasteiger partial charge in [0, 0.05) is 29.8 Å². The Morgan fingerprint density at radius 1 is 1.22 bits per heavy atom. The van der Waals surface area contributed by atoms with Crippen molar-refractivity contribution >= 4 is 5.78 Å². The Bertz CT molecular complexity index is 547. The Morgan fingerprint density at radius 3 is 2.67 bits per heavy atom. The maximum atomic E-state index is 12.1. The topological polar surface area (TPSA) is 42.9 Å². The number of nitrogens with zero attached hydrogens (tertiary/aromatic N) is 2. The second-order valence-electron chi connectivity index (χ2n) is 4.30. The minimum Gasteiger partial charge on any atom is -0.294 e. The fraction of sp³-hybridized carbons (Fsp3) is 0.267. The molecule has 3 nitrogen and oxygen atoms in total. The number of rotatable bonds is 4. The summed E-state index contributed by atoms with van der Waals surface area (Å²) in [6.07, 6.45) is 6.44. The highest BCUT2D eigenvalue weighted by Crippen LogP contribution is 2.10. The van der Waals surface area contributed by atoms with Crippen molar-refractivity contribution in [3.8, 4) is 0 Å². The zero-order chi connectivity index (χ0) is 13.0. The molecule has 0 aliphatic carbocycles. The Hall–Kier alpha value is -2.03. The molecule has 0 bridgehead atoms. The predicted octanol–water partition coefficient (Wildman–Crippen LogP) is 2.77. The van der Waals surface area contributed by atoms with Crippen molar-refractivity contribution in [2.45, 2.75) is 26.7 Å². The van der Waals surface area contributed by atoms with E-state index in [0.29, 0.717) is 12.0 Å². The van der Waals surface area contributed by atoms with Crippen molar-refractivity contribution in [3.05, 3.63) is 59.2 Å². The molecule has 0 radical (unpaired) electrons. The molecule has 0 aliphatic rings. The summed E-state index contributed by atoms with van der Waals surface area (Å²) in [4.78, 5) is 20.4. The molecule has 0 unspecified atom stereocenters. The number of pyridine rings is 2. The van der Waals surface area contributed by atoms with E-state index in [2.05, 4.69) is 16.9 Å². The van der Waals surface area contributed by atoms with Crippen LogP contribution in [-0.2, 0) is 12.8 Å². The summed E-state index contributed by atoms with van der Waals surface area (Å²) in [5.41, 5.74) is 3.63. The molecule has 2 heterocycles. The zero-order valence-corrected chi connectivity index (χ0v) is 10.7. The van der Waals surface area contributed by atoms with E-state index < -0.39 is 0 Å². The van der Waals surface area contributed by atoms with Crippen LogP contribution in [0.25, 0.3) is 0 Å². The third-order valence-electron chi connectivity index (χ3n) is 2.98. The molecule has 0 amide bonds. The molecule has 0 spiro atoms. The lowest BCUT2D eigenvalue weighted by Crippen LogP contribution is -2.07. The maximum absolute atomic E-state index is 12.1. The minimum absolute atomic E-state index is 0.0670. The summed E-state index contributed by atoms with van der Waals surface area (Å²) in [5, 5.41) is 0. The van der Waals surface area contributed by atoms with Crippen molar-refractivity contribution in [1.82, 2.24) is 9.97 Å². The lowest BCUT2D eigenvalue weighted by Gasteiger charge is -2.04. The first kappa shape index (κ1) is 12.4. The average molecular weight is 240 g/mol. The molecule has 2 aromatic rings. The maximum Gasteiger partial charge on any atom is 0.170 e. The number of hydrogen-bond donors (Lipinski definition) is 0. The summed E-state index contributed by atoms with van der Waals surface area (Å²) in [5.74, 6) is 0.0670. The molecule has 2 rings (SSSR count). The minimum atomic E-state index is 0.0670. The average Bonchev–Trinajstić information content (AvgIpc) is 2.40. The van der Waals surface area contributed by atoms with E-state index >= 15 is 0 Å². The second-order valence-corrected chi connectivity index (χ2v) is 4.30. The van der Waals surface area contributed by atoms with Crippen molar-refractivity contribution in [1.29, 1.82) is 0 Å². The lowest BCUT2D eigenvalue weighted by atomic mass is 10.0.